The van der Waals surface area contributed by atoms with Gasteiger partial charge in [-0.05, 0) is 49.6 Å². The Morgan fingerprint density at radius 3 is 3.06 bits per heavy atom. The Balaban J connectivity index is 1.91. The lowest BCUT2D eigenvalue weighted by atomic mass is 10.1. The molecule has 0 radical (unpaired) electrons. The van der Waals surface area contributed by atoms with E-state index in [2.05, 4.69) is 18.3 Å². The molecule has 0 aliphatic carbocycles. The molecule has 1 aromatic carbocycles. The first-order valence-corrected chi connectivity index (χ1v) is 5.94. The molecule has 3 heteroatoms. The van der Waals surface area contributed by atoms with E-state index in [0.717, 1.165) is 30.1 Å². The largest absolute Gasteiger partial charge is 0.497 e. The van der Waals surface area contributed by atoms with Gasteiger partial charge in [0.2, 0.25) is 0 Å². The molecule has 0 saturated carbocycles. The Bertz CT molecular complexity index is 390. The van der Waals surface area contributed by atoms with Gasteiger partial charge in [0, 0.05) is 10.7 Å². The fourth-order valence-electron chi connectivity index (χ4n) is 1.78. The van der Waals surface area contributed by atoms with E-state index in [9.17, 15) is 0 Å². The lowest BCUT2D eigenvalue weighted by Crippen LogP contribution is -2.23. The predicted molar refractivity (Wildman–Crippen MR) is 67.9 cm³/mol. The smallest absolute Gasteiger partial charge is 0.115 e. The molecule has 2 rings (SSSR count). The van der Waals surface area contributed by atoms with Crippen molar-refractivity contribution in [2.75, 3.05) is 11.9 Å². The maximum absolute atomic E-state index is 5.90. The molecule has 1 N–H and O–H groups in total. The molecular formula is C13H16ClNO. The summed E-state index contributed by atoms with van der Waals surface area (Å²) in [5.74, 6) is 0. The van der Waals surface area contributed by atoms with Crippen molar-refractivity contribution in [1.82, 2.24) is 0 Å². The molecule has 1 atom stereocenters. The highest BCUT2D eigenvalue weighted by atomic mass is 35.5. The number of hydrogen-bond acceptors (Lipinski definition) is 2. The van der Waals surface area contributed by atoms with Crippen molar-refractivity contribution in [3.63, 3.8) is 0 Å². The van der Waals surface area contributed by atoms with E-state index in [0.29, 0.717) is 0 Å². The third-order valence-corrected chi connectivity index (χ3v) is 2.97. The van der Waals surface area contributed by atoms with E-state index < -0.39 is 0 Å². The molecule has 0 bridgehead atoms. The lowest BCUT2D eigenvalue weighted by Gasteiger charge is -2.20. The Hall–Kier alpha value is -1.15. The zero-order valence-electron chi connectivity index (χ0n) is 9.37. The van der Waals surface area contributed by atoms with Crippen LogP contribution in [0.5, 0.6) is 0 Å². The molecule has 16 heavy (non-hydrogen) atoms. The number of halogens is 1. The van der Waals surface area contributed by atoms with Crippen LogP contribution in [0.3, 0.4) is 0 Å². The van der Waals surface area contributed by atoms with Gasteiger partial charge < -0.3 is 10.1 Å². The summed E-state index contributed by atoms with van der Waals surface area (Å²) in [7, 11) is 0. The van der Waals surface area contributed by atoms with E-state index >= 15 is 0 Å². The summed E-state index contributed by atoms with van der Waals surface area (Å²) in [4.78, 5) is 0. The molecular weight excluding hydrogens is 222 g/mol. The number of hydrogen-bond donors (Lipinski definition) is 1. The quantitative estimate of drug-likeness (QED) is 0.865. The van der Waals surface area contributed by atoms with Gasteiger partial charge in [-0.2, -0.15) is 0 Å². The van der Waals surface area contributed by atoms with Gasteiger partial charge >= 0.3 is 0 Å². The van der Waals surface area contributed by atoms with Crippen LogP contribution in [0.25, 0.3) is 0 Å². The molecule has 1 aliphatic heterocycles. The monoisotopic (exact) mass is 237 g/mol. The normalized spacial score (nSPS) is 19.2. The summed E-state index contributed by atoms with van der Waals surface area (Å²) < 4.78 is 5.49. The Morgan fingerprint density at radius 2 is 2.38 bits per heavy atom. The minimum Gasteiger partial charge on any atom is -0.497 e. The molecule has 86 valence electrons. The van der Waals surface area contributed by atoms with Crippen LogP contribution in [0.15, 0.2) is 30.5 Å². The molecule has 1 aliphatic rings. The molecule has 0 saturated heterocycles. The number of aryl methyl sites for hydroxylation is 1. The summed E-state index contributed by atoms with van der Waals surface area (Å²) >= 11 is 5.90. The molecule has 0 spiro atoms. The second kappa shape index (κ2) is 5.26. The number of ether oxygens (including phenoxy) is 1. The van der Waals surface area contributed by atoms with Gasteiger partial charge in [0.25, 0.3) is 0 Å². The van der Waals surface area contributed by atoms with Gasteiger partial charge in [-0.25, -0.2) is 0 Å². The number of anilines is 1. The maximum Gasteiger partial charge on any atom is 0.115 e. The van der Waals surface area contributed by atoms with Crippen molar-refractivity contribution < 1.29 is 4.74 Å². The summed E-state index contributed by atoms with van der Waals surface area (Å²) in [6, 6.07) is 5.88. The van der Waals surface area contributed by atoms with E-state index in [4.69, 9.17) is 16.3 Å². The Labute approximate surface area is 101 Å². The zero-order valence-corrected chi connectivity index (χ0v) is 10.1. The molecule has 1 aromatic rings. The topological polar surface area (TPSA) is 21.3 Å². The van der Waals surface area contributed by atoms with E-state index in [1.165, 1.54) is 5.56 Å². The average molecular weight is 238 g/mol. The minimum absolute atomic E-state index is 0.278. The maximum atomic E-state index is 5.90. The number of rotatable bonds is 3. The fraction of sp³-hybridized carbons (Fsp3) is 0.385. The van der Waals surface area contributed by atoms with Gasteiger partial charge in [0.05, 0.1) is 12.8 Å². The first-order chi connectivity index (χ1) is 7.75. The van der Waals surface area contributed by atoms with Gasteiger partial charge in [-0.3, -0.25) is 0 Å². The summed E-state index contributed by atoms with van der Waals surface area (Å²) in [6.45, 7) is 2.89. The van der Waals surface area contributed by atoms with Crippen LogP contribution in [0, 0.1) is 6.92 Å². The van der Waals surface area contributed by atoms with Gasteiger partial charge in [-0.15, -0.1) is 0 Å². The third-order valence-electron chi connectivity index (χ3n) is 2.73. The lowest BCUT2D eigenvalue weighted by molar-refractivity contribution is 0.135. The first-order valence-electron chi connectivity index (χ1n) is 5.56. The van der Waals surface area contributed by atoms with Crippen molar-refractivity contribution in [2.24, 2.45) is 0 Å². The van der Waals surface area contributed by atoms with Crippen LogP contribution in [0.2, 0.25) is 5.02 Å². The third kappa shape index (κ3) is 2.92. The summed E-state index contributed by atoms with van der Waals surface area (Å²) in [6.07, 6.45) is 6.32. The van der Waals surface area contributed by atoms with Crippen LogP contribution in [-0.4, -0.2) is 12.6 Å². The Kier molecular flexibility index (Phi) is 3.73. The van der Waals surface area contributed by atoms with E-state index in [-0.39, 0.29) is 6.10 Å². The van der Waals surface area contributed by atoms with Crippen molar-refractivity contribution >= 4 is 17.3 Å². The average Bonchev–Trinajstić information content (AvgIpc) is 2.29. The van der Waals surface area contributed by atoms with Crippen molar-refractivity contribution in [3.8, 4) is 0 Å². The van der Waals surface area contributed by atoms with Gasteiger partial charge in [0.15, 0.2) is 0 Å². The van der Waals surface area contributed by atoms with E-state index in [1.54, 1.807) is 6.26 Å². The highest BCUT2D eigenvalue weighted by Gasteiger charge is 2.10. The van der Waals surface area contributed by atoms with Crippen LogP contribution in [-0.2, 0) is 4.74 Å². The standard InChI is InChI=1S/C13H16ClNO/c1-10-8-11(14)5-6-13(10)15-9-12-4-2-3-7-16-12/h3,5-8,12,15H,2,4,9H2,1H3. The second-order valence-electron chi connectivity index (χ2n) is 4.05. The number of benzene rings is 1. The van der Waals surface area contributed by atoms with Gasteiger partial charge in [0.1, 0.15) is 6.10 Å². The molecule has 1 unspecified atom stereocenters. The summed E-state index contributed by atoms with van der Waals surface area (Å²) in [5, 5.41) is 4.17. The van der Waals surface area contributed by atoms with Gasteiger partial charge in [-0.1, -0.05) is 11.6 Å². The highest BCUT2D eigenvalue weighted by molar-refractivity contribution is 6.30. The number of allylic oxidation sites excluding steroid dienone is 1. The first kappa shape index (κ1) is 11.3. The Morgan fingerprint density at radius 1 is 1.50 bits per heavy atom. The van der Waals surface area contributed by atoms with Crippen molar-refractivity contribution in [3.05, 3.63) is 41.1 Å². The minimum atomic E-state index is 0.278. The van der Waals surface area contributed by atoms with Crippen LogP contribution < -0.4 is 5.32 Å². The highest BCUT2D eigenvalue weighted by Crippen LogP contribution is 2.20. The van der Waals surface area contributed by atoms with E-state index in [1.807, 2.05) is 18.2 Å². The van der Waals surface area contributed by atoms with Crippen LogP contribution >= 0.6 is 11.6 Å². The molecule has 2 nitrogen and oxygen atoms in total. The molecule has 1 heterocycles. The number of nitrogens with one attached hydrogen (secondary N) is 1. The van der Waals surface area contributed by atoms with Crippen LogP contribution in [0.1, 0.15) is 18.4 Å². The van der Waals surface area contributed by atoms with Crippen molar-refractivity contribution in [2.45, 2.75) is 25.9 Å². The molecule has 0 fully saturated rings. The zero-order chi connectivity index (χ0) is 11.4. The molecule has 0 amide bonds. The fourth-order valence-corrected chi connectivity index (χ4v) is 2.01. The predicted octanol–water partition coefficient (Wildman–Crippen LogP) is 3.75. The van der Waals surface area contributed by atoms with Crippen molar-refractivity contribution in [1.29, 1.82) is 0 Å². The summed E-state index contributed by atoms with van der Waals surface area (Å²) in [5.41, 5.74) is 2.29. The SMILES string of the molecule is Cc1cc(Cl)ccc1NCC1CCC=CO1. The van der Waals surface area contributed by atoms with Crippen LogP contribution in [0.4, 0.5) is 5.69 Å². The molecule has 0 aromatic heterocycles. The second-order valence-corrected chi connectivity index (χ2v) is 4.48.